The van der Waals surface area contributed by atoms with E-state index in [2.05, 4.69) is 0 Å². The molecular formula is C12H24N2O3. The molecule has 0 rings (SSSR count). The van der Waals surface area contributed by atoms with Gasteiger partial charge < -0.3 is 15.4 Å². The van der Waals surface area contributed by atoms with Crippen LogP contribution < -0.4 is 5.73 Å². The number of rotatable bonds is 6. The van der Waals surface area contributed by atoms with Gasteiger partial charge in [-0.1, -0.05) is 6.92 Å². The van der Waals surface area contributed by atoms with Crippen LogP contribution in [0.25, 0.3) is 0 Å². The van der Waals surface area contributed by atoms with Gasteiger partial charge in [0.25, 0.3) is 0 Å². The molecule has 17 heavy (non-hydrogen) atoms. The largest absolute Gasteiger partial charge is 0.465 e. The maximum atomic E-state index is 12.1. The van der Waals surface area contributed by atoms with Crippen LogP contribution in [0.4, 0.5) is 0 Å². The van der Waals surface area contributed by atoms with Crippen LogP contribution in [0.2, 0.25) is 0 Å². The van der Waals surface area contributed by atoms with Gasteiger partial charge in [-0.3, -0.25) is 9.59 Å². The molecule has 2 N–H and O–H groups in total. The van der Waals surface area contributed by atoms with Crippen molar-refractivity contribution in [2.75, 3.05) is 13.2 Å². The van der Waals surface area contributed by atoms with Gasteiger partial charge in [-0.25, -0.2) is 0 Å². The second-order valence-corrected chi connectivity index (χ2v) is 4.51. The summed E-state index contributed by atoms with van der Waals surface area (Å²) in [6.07, 6.45) is 0. The van der Waals surface area contributed by atoms with Crippen molar-refractivity contribution in [1.29, 1.82) is 0 Å². The molecule has 0 heterocycles. The summed E-state index contributed by atoms with van der Waals surface area (Å²) in [6.45, 7) is 9.34. The molecule has 5 nitrogen and oxygen atoms in total. The molecule has 100 valence electrons. The highest BCUT2D eigenvalue weighted by atomic mass is 16.5. The van der Waals surface area contributed by atoms with Crippen LogP contribution in [-0.4, -0.2) is 42.0 Å². The third-order valence-electron chi connectivity index (χ3n) is 2.69. The number of carbonyl (C=O) groups excluding carboxylic acids is 2. The molecule has 0 saturated heterocycles. The van der Waals surface area contributed by atoms with Crippen molar-refractivity contribution in [3.05, 3.63) is 0 Å². The minimum atomic E-state index is -0.383. The lowest BCUT2D eigenvalue weighted by molar-refractivity contribution is -0.151. The molecule has 0 saturated carbocycles. The van der Waals surface area contributed by atoms with Crippen LogP contribution in [0, 0.1) is 5.92 Å². The van der Waals surface area contributed by atoms with Crippen LogP contribution in [0.1, 0.15) is 34.6 Å². The van der Waals surface area contributed by atoms with E-state index < -0.39 is 0 Å². The van der Waals surface area contributed by atoms with Gasteiger partial charge >= 0.3 is 5.97 Å². The van der Waals surface area contributed by atoms with Gasteiger partial charge in [-0.15, -0.1) is 0 Å². The summed E-state index contributed by atoms with van der Waals surface area (Å²) >= 11 is 0. The van der Waals surface area contributed by atoms with E-state index in [1.54, 1.807) is 20.8 Å². The number of carbonyl (C=O) groups is 2. The van der Waals surface area contributed by atoms with Gasteiger partial charge in [0.1, 0.15) is 6.54 Å². The van der Waals surface area contributed by atoms with Crippen molar-refractivity contribution in [3.8, 4) is 0 Å². The first-order valence-corrected chi connectivity index (χ1v) is 6.02. The lowest BCUT2D eigenvalue weighted by Gasteiger charge is -2.29. The van der Waals surface area contributed by atoms with Crippen molar-refractivity contribution in [2.24, 2.45) is 11.7 Å². The summed E-state index contributed by atoms with van der Waals surface area (Å²) in [5.74, 6) is -0.790. The number of hydrogen-bond acceptors (Lipinski definition) is 4. The van der Waals surface area contributed by atoms with E-state index in [0.29, 0.717) is 6.61 Å². The Morgan fingerprint density at radius 3 is 2.12 bits per heavy atom. The van der Waals surface area contributed by atoms with Gasteiger partial charge in [-0.2, -0.15) is 0 Å². The average Bonchev–Trinajstić information content (AvgIpc) is 2.23. The molecule has 2 unspecified atom stereocenters. The Morgan fingerprint density at radius 2 is 1.76 bits per heavy atom. The summed E-state index contributed by atoms with van der Waals surface area (Å²) in [5, 5.41) is 0. The van der Waals surface area contributed by atoms with E-state index >= 15 is 0 Å². The van der Waals surface area contributed by atoms with Crippen molar-refractivity contribution in [1.82, 2.24) is 4.90 Å². The zero-order valence-electron chi connectivity index (χ0n) is 11.4. The fourth-order valence-corrected chi connectivity index (χ4v) is 1.35. The maximum Gasteiger partial charge on any atom is 0.325 e. The lowest BCUT2D eigenvalue weighted by atomic mass is 10.0. The molecular weight excluding hydrogens is 220 g/mol. The monoisotopic (exact) mass is 244 g/mol. The zero-order valence-corrected chi connectivity index (χ0v) is 11.4. The molecule has 0 aliphatic carbocycles. The summed E-state index contributed by atoms with van der Waals surface area (Å²) in [4.78, 5) is 25.0. The number of nitrogens with two attached hydrogens (primary N) is 1. The standard InChI is InChI=1S/C12H24N2O3/c1-6-17-11(15)7-14(8(2)3)12(16)9(4)10(5)13/h8-10H,6-7,13H2,1-5H3. The molecule has 0 spiro atoms. The molecule has 0 aliphatic rings. The Bertz CT molecular complexity index is 264. The van der Waals surface area contributed by atoms with Crippen molar-refractivity contribution >= 4 is 11.9 Å². The number of nitrogens with zero attached hydrogens (tertiary/aromatic N) is 1. The highest BCUT2D eigenvalue weighted by Gasteiger charge is 2.27. The van der Waals surface area contributed by atoms with Crippen LogP contribution in [0.3, 0.4) is 0 Å². The summed E-state index contributed by atoms with van der Waals surface area (Å²) in [6, 6.07) is -0.279. The average molecular weight is 244 g/mol. The van der Waals surface area contributed by atoms with E-state index in [9.17, 15) is 9.59 Å². The fraction of sp³-hybridized carbons (Fsp3) is 0.833. The molecule has 0 fully saturated rings. The SMILES string of the molecule is CCOC(=O)CN(C(=O)C(C)C(C)N)C(C)C. The highest BCUT2D eigenvalue weighted by Crippen LogP contribution is 2.09. The van der Waals surface area contributed by atoms with Crippen molar-refractivity contribution in [3.63, 3.8) is 0 Å². The fourth-order valence-electron chi connectivity index (χ4n) is 1.35. The summed E-state index contributed by atoms with van der Waals surface area (Å²) in [7, 11) is 0. The van der Waals surface area contributed by atoms with Gasteiger partial charge in [0.15, 0.2) is 0 Å². The summed E-state index contributed by atoms with van der Waals surface area (Å²) < 4.78 is 4.85. The van der Waals surface area contributed by atoms with Gasteiger partial charge in [-0.05, 0) is 27.7 Å². The highest BCUT2D eigenvalue weighted by molar-refractivity contribution is 5.84. The van der Waals surface area contributed by atoms with Gasteiger partial charge in [0, 0.05) is 12.1 Å². The van der Waals surface area contributed by atoms with Crippen molar-refractivity contribution < 1.29 is 14.3 Å². The lowest BCUT2D eigenvalue weighted by Crippen LogP contribution is -2.47. The molecule has 0 aliphatic heterocycles. The Morgan fingerprint density at radius 1 is 1.24 bits per heavy atom. The number of amides is 1. The van der Waals surface area contributed by atoms with E-state index in [0.717, 1.165) is 0 Å². The molecule has 2 atom stereocenters. The molecule has 0 aromatic carbocycles. The third-order valence-corrected chi connectivity index (χ3v) is 2.69. The normalized spacial score (nSPS) is 14.3. The molecule has 1 amide bonds. The maximum absolute atomic E-state index is 12.1. The Kier molecular flexibility index (Phi) is 6.80. The molecule has 0 bridgehead atoms. The first-order chi connectivity index (χ1) is 7.81. The smallest absolute Gasteiger partial charge is 0.325 e. The number of ether oxygens (including phenoxy) is 1. The van der Waals surface area contributed by atoms with Crippen LogP contribution in [-0.2, 0) is 14.3 Å². The van der Waals surface area contributed by atoms with Crippen LogP contribution in [0.5, 0.6) is 0 Å². The van der Waals surface area contributed by atoms with E-state index in [1.165, 1.54) is 4.90 Å². The van der Waals surface area contributed by atoms with Crippen LogP contribution >= 0.6 is 0 Å². The zero-order chi connectivity index (χ0) is 13.6. The molecule has 0 radical (unpaired) electrons. The number of esters is 1. The van der Waals surface area contributed by atoms with E-state index in [4.69, 9.17) is 10.5 Å². The first kappa shape index (κ1) is 15.9. The minimum Gasteiger partial charge on any atom is -0.465 e. The first-order valence-electron chi connectivity index (χ1n) is 6.02. The Labute approximate surface area is 103 Å². The molecule has 5 heteroatoms. The van der Waals surface area contributed by atoms with E-state index in [1.807, 2.05) is 13.8 Å². The van der Waals surface area contributed by atoms with Crippen molar-refractivity contribution in [2.45, 2.75) is 46.7 Å². The second-order valence-electron chi connectivity index (χ2n) is 4.51. The van der Waals surface area contributed by atoms with Gasteiger partial charge in [0.05, 0.1) is 12.5 Å². The van der Waals surface area contributed by atoms with Crippen LogP contribution in [0.15, 0.2) is 0 Å². The third kappa shape index (κ3) is 5.17. The quantitative estimate of drug-likeness (QED) is 0.700. The predicted octanol–water partition coefficient (Wildman–Crippen LogP) is 0.770. The second kappa shape index (κ2) is 7.27. The topological polar surface area (TPSA) is 72.6 Å². The predicted molar refractivity (Wildman–Crippen MR) is 66.3 cm³/mol. The molecule has 0 aromatic heterocycles. The number of hydrogen-bond donors (Lipinski definition) is 1. The molecule has 0 aromatic rings. The summed E-state index contributed by atoms with van der Waals surface area (Å²) in [5.41, 5.74) is 5.70. The van der Waals surface area contributed by atoms with Gasteiger partial charge in [0.2, 0.25) is 5.91 Å². The minimum absolute atomic E-state index is 0.0125. The Balaban J connectivity index is 4.63. The Hall–Kier alpha value is -1.10. The van der Waals surface area contributed by atoms with E-state index in [-0.39, 0.29) is 36.4 Å².